The Morgan fingerprint density at radius 1 is 1.12 bits per heavy atom. The normalized spacial score (nSPS) is 16.8. The lowest BCUT2D eigenvalue weighted by Crippen LogP contribution is -2.42. The van der Waals surface area contributed by atoms with Crippen molar-refractivity contribution in [1.82, 2.24) is 14.1 Å². The SMILES string of the molecule is CN(CC(=O)N1CCCN(CCCc2ccccc2)CC1)S(C)(=O)=O. The van der Waals surface area contributed by atoms with E-state index in [0.717, 1.165) is 49.5 Å². The first kappa shape index (κ1) is 19.9. The lowest BCUT2D eigenvalue weighted by atomic mass is 10.1. The summed E-state index contributed by atoms with van der Waals surface area (Å²) in [5.74, 6) is -0.112. The molecule has 140 valence electrons. The van der Waals surface area contributed by atoms with Gasteiger partial charge in [-0.05, 0) is 37.9 Å². The second-order valence-electron chi connectivity index (χ2n) is 6.68. The molecule has 0 N–H and O–H groups in total. The van der Waals surface area contributed by atoms with Crippen molar-refractivity contribution in [3.63, 3.8) is 0 Å². The van der Waals surface area contributed by atoms with Crippen LogP contribution in [0.1, 0.15) is 18.4 Å². The fourth-order valence-corrected chi connectivity index (χ4v) is 3.35. The maximum atomic E-state index is 12.3. The van der Waals surface area contributed by atoms with Gasteiger partial charge in [0.05, 0.1) is 12.8 Å². The summed E-state index contributed by atoms with van der Waals surface area (Å²) in [6.45, 7) is 4.16. The van der Waals surface area contributed by atoms with Gasteiger partial charge in [0.2, 0.25) is 15.9 Å². The van der Waals surface area contributed by atoms with Gasteiger partial charge in [-0.25, -0.2) is 8.42 Å². The van der Waals surface area contributed by atoms with E-state index < -0.39 is 10.0 Å². The van der Waals surface area contributed by atoms with Gasteiger partial charge >= 0.3 is 0 Å². The standard InChI is InChI=1S/C18H29N3O3S/c1-19(25(2,23)24)16-18(22)21-13-7-12-20(14-15-21)11-6-10-17-8-4-3-5-9-17/h3-5,8-9H,6-7,10-16H2,1-2H3. The second-order valence-corrected chi connectivity index (χ2v) is 8.77. The number of aryl methyl sites for hydroxylation is 1. The van der Waals surface area contributed by atoms with Gasteiger partial charge in [0.15, 0.2) is 0 Å². The van der Waals surface area contributed by atoms with Crippen molar-refractivity contribution in [2.45, 2.75) is 19.3 Å². The topological polar surface area (TPSA) is 60.9 Å². The Morgan fingerprint density at radius 3 is 2.52 bits per heavy atom. The van der Waals surface area contributed by atoms with E-state index in [1.807, 2.05) is 6.07 Å². The molecule has 7 heteroatoms. The summed E-state index contributed by atoms with van der Waals surface area (Å²) in [6, 6.07) is 10.5. The lowest BCUT2D eigenvalue weighted by Gasteiger charge is -2.24. The number of carbonyl (C=O) groups is 1. The van der Waals surface area contributed by atoms with Gasteiger partial charge in [-0.1, -0.05) is 30.3 Å². The minimum absolute atomic E-state index is 0.0765. The quantitative estimate of drug-likeness (QED) is 0.723. The van der Waals surface area contributed by atoms with Crippen LogP contribution >= 0.6 is 0 Å². The van der Waals surface area contributed by atoms with E-state index in [0.29, 0.717) is 13.1 Å². The molecule has 0 spiro atoms. The maximum Gasteiger partial charge on any atom is 0.237 e. The van der Waals surface area contributed by atoms with Gasteiger partial charge in [0.1, 0.15) is 0 Å². The molecule has 1 saturated heterocycles. The van der Waals surface area contributed by atoms with E-state index in [2.05, 4.69) is 29.2 Å². The summed E-state index contributed by atoms with van der Waals surface area (Å²) < 4.78 is 24.0. The van der Waals surface area contributed by atoms with Crippen LogP contribution in [0.2, 0.25) is 0 Å². The van der Waals surface area contributed by atoms with Crippen LogP contribution in [0.25, 0.3) is 0 Å². The van der Waals surface area contributed by atoms with E-state index in [1.165, 1.54) is 12.6 Å². The van der Waals surface area contributed by atoms with Crippen molar-refractivity contribution in [3.05, 3.63) is 35.9 Å². The maximum absolute atomic E-state index is 12.3. The average Bonchev–Trinajstić information content (AvgIpc) is 2.81. The zero-order valence-corrected chi connectivity index (χ0v) is 16.0. The molecule has 0 atom stereocenters. The summed E-state index contributed by atoms with van der Waals surface area (Å²) in [6.07, 6.45) is 4.23. The lowest BCUT2D eigenvalue weighted by molar-refractivity contribution is -0.131. The Balaban J connectivity index is 1.74. The highest BCUT2D eigenvalue weighted by atomic mass is 32.2. The van der Waals surface area contributed by atoms with E-state index in [9.17, 15) is 13.2 Å². The van der Waals surface area contributed by atoms with Crippen molar-refractivity contribution < 1.29 is 13.2 Å². The van der Waals surface area contributed by atoms with Gasteiger partial charge in [-0.15, -0.1) is 0 Å². The van der Waals surface area contributed by atoms with Crippen LogP contribution in [0.5, 0.6) is 0 Å². The van der Waals surface area contributed by atoms with Crippen molar-refractivity contribution in [3.8, 4) is 0 Å². The van der Waals surface area contributed by atoms with Gasteiger partial charge in [-0.2, -0.15) is 4.31 Å². The van der Waals surface area contributed by atoms with Gasteiger partial charge in [-0.3, -0.25) is 4.79 Å². The Hall–Kier alpha value is -1.44. The smallest absolute Gasteiger partial charge is 0.237 e. The largest absolute Gasteiger partial charge is 0.340 e. The Labute approximate surface area is 151 Å². The molecule has 1 aromatic carbocycles. The highest BCUT2D eigenvalue weighted by Crippen LogP contribution is 2.08. The first-order valence-electron chi connectivity index (χ1n) is 8.81. The van der Waals surface area contributed by atoms with Crippen LogP contribution in [0, 0.1) is 0 Å². The average molecular weight is 368 g/mol. The molecule has 1 aromatic rings. The summed E-state index contributed by atoms with van der Waals surface area (Å²) in [5, 5.41) is 0. The van der Waals surface area contributed by atoms with Crippen molar-refractivity contribution in [2.75, 3.05) is 52.6 Å². The number of hydrogen-bond donors (Lipinski definition) is 0. The molecule has 1 aliphatic rings. The molecular weight excluding hydrogens is 338 g/mol. The molecule has 0 saturated carbocycles. The number of carbonyl (C=O) groups excluding carboxylic acids is 1. The Bertz CT molecular complexity index is 649. The third kappa shape index (κ3) is 6.76. The summed E-state index contributed by atoms with van der Waals surface area (Å²) in [4.78, 5) is 16.5. The molecule has 1 aliphatic heterocycles. The number of amides is 1. The first-order chi connectivity index (χ1) is 11.9. The molecule has 0 aliphatic carbocycles. The predicted octanol–water partition coefficient (Wildman–Crippen LogP) is 1.04. The number of benzene rings is 1. The summed E-state index contributed by atoms with van der Waals surface area (Å²) in [5.41, 5.74) is 1.36. The highest BCUT2D eigenvalue weighted by Gasteiger charge is 2.22. The molecule has 1 amide bonds. The van der Waals surface area contributed by atoms with Gasteiger partial charge in [0.25, 0.3) is 0 Å². The zero-order chi connectivity index (χ0) is 18.3. The minimum Gasteiger partial charge on any atom is -0.340 e. The van der Waals surface area contributed by atoms with Crippen LogP contribution in [0.4, 0.5) is 0 Å². The molecule has 0 aromatic heterocycles. The molecule has 0 radical (unpaired) electrons. The van der Waals surface area contributed by atoms with Crippen LogP contribution in [0.3, 0.4) is 0 Å². The van der Waals surface area contributed by atoms with Crippen molar-refractivity contribution in [1.29, 1.82) is 0 Å². The molecule has 6 nitrogen and oxygen atoms in total. The van der Waals surface area contributed by atoms with Crippen LogP contribution < -0.4 is 0 Å². The van der Waals surface area contributed by atoms with Gasteiger partial charge < -0.3 is 9.80 Å². The number of likely N-dealkylation sites (N-methyl/N-ethyl adjacent to an activating group) is 1. The fraction of sp³-hybridized carbons (Fsp3) is 0.611. The number of hydrogen-bond acceptors (Lipinski definition) is 4. The van der Waals surface area contributed by atoms with Gasteiger partial charge in [0, 0.05) is 26.7 Å². The molecule has 25 heavy (non-hydrogen) atoms. The molecule has 0 bridgehead atoms. The van der Waals surface area contributed by atoms with Crippen LogP contribution in [-0.4, -0.2) is 81.0 Å². The predicted molar refractivity (Wildman–Crippen MR) is 99.9 cm³/mol. The third-order valence-corrected chi connectivity index (χ3v) is 5.91. The van der Waals surface area contributed by atoms with E-state index in [4.69, 9.17) is 0 Å². The number of rotatable bonds is 7. The van der Waals surface area contributed by atoms with E-state index in [1.54, 1.807) is 4.90 Å². The molecule has 1 fully saturated rings. The first-order valence-corrected chi connectivity index (χ1v) is 10.7. The number of sulfonamides is 1. The monoisotopic (exact) mass is 367 g/mol. The summed E-state index contributed by atoms with van der Waals surface area (Å²) in [7, 11) is -1.87. The minimum atomic E-state index is -3.32. The van der Waals surface area contributed by atoms with Crippen molar-refractivity contribution in [2.24, 2.45) is 0 Å². The Morgan fingerprint density at radius 2 is 1.84 bits per heavy atom. The summed E-state index contributed by atoms with van der Waals surface area (Å²) >= 11 is 0. The molecule has 0 unspecified atom stereocenters. The second kappa shape index (κ2) is 9.31. The zero-order valence-electron chi connectivity index (χ0n) is 15.2. The molecule has 2 rings (SSSR count). The fourth-order valence-electron chi connectivity index (χ4n) is 3.00. The van der Waals surface area contributed by atoms with Crippen molar-refractivity contribution >= 4 is 15.9 Å². The molecule has 1 heterocycles. The van der Waals surface area contributed by atoms with Crippen LogP contribution in [-0.2, 0) is 21.2 Å². The van der Waals surface area contributed by atoms with Crippen LogP contribution in [0.15, 0.2) is 30.3 Å². The number of nitrogens with zero attached hydrogens (tertiary/aromatic N) is 3. The Kier molecular flexibility index (Phi) is 7.40. The van der Waals surface area contributed by atoms with E-state index >= 15 is 0 Å². The van der Waals surface area contributed by atoms with E-state index in [-0.39, 0.29) is 12.5 Å². The third-order valence-electron chi connectivity index (χ3n) is 4.65. The molecular formula is C18H29N3O3S. The highest BCUT2D eigenvalue weighted by molar-refractivity contribution is 7.88.